The molecule has 1 N–H and O–H groups in total. The van der Waals surface area contributed by atoms with Crippen LogP contribution in [-0.2, 0) is 19.7 Å². The molecule has 0 saturated carbocycles. The molecule has 0 radical (unpaired) electrons. The number of nitrogens with zero attached hydrogens (tertiary/aromatic N) is 1. The molecule has 2 saturated heterocycles. The molecule has 0 aliphatic carbocycles. The smallest absolute Gasteiger partial charge is 0.235 e. The summed E-state index contributed by atoms with van der Waals surface area (Å²) in [6.45, 7) is 1.93. The molecule has 140 valence electrons. The third-order valence-electron chi connectivity index (χ3n) is 5.62. The number of carbonyl (C=O) groups is 2. The minimum absolute atomic E-state index is 0.00185. The van der Waals surface area contributed by atoms with Gasteiger partial charge in [-0.15, -0.1) is 0 Å². The molecule has 0 atom stereocenters. The number of nitrogens with one attached hydrogen (secondary N) is 1. The van der Waals surface area contributed by atoms with E-state index in [2.05, 4.69) is 5.32 Å². The van der Waals surface area contributed by atoms with E-state index in [9.17, 15) is 9.59 Å². The Balaban J connectivity index is 1.54. The van der Waals surface area contributed by atoms with Gasteiger partial charge in [0, 0.05) is 37.6 Å². The molecule has 2 amide bonds. The van der Waals surface area contributed by atoms with Crippen LogP contribution < -0.4 is 10.2 Å². The molecule has 0 unspecified atom stereocenters. The van der Waals surface area contributed by atoms with E-state index in [1.165, 1.54) is 0 Å². The molecule has 5 heteroatoms. The summed E-state index contributed by atoms with van der Waals surface area (Å²) in [6.07, 6.45) is 2.85. The Morgan fingerprint density at radius 3 is 2.33 bits per heavy atom. The van der Waals surface area contributed by atoms with E-state index < -0.39 is 5.41 Å². The first-order valence-corrected chi connectivity index (χ1v) is 9.54. The van der Waals surface area contributed by atoms with Gasteiger partial charge in [-0.25, -0.2) is 0 Å². The fourth-order valence-electron chi connectivity index (χ4n) is 4.02. The number of benzene rings is 2. The normalized spacial score (nSPS) is 19.1. The largest absolute Gasteiger partial charge is 0.381 e. The van der Waals surface area contributed by atoms with Gasteiger partial charge in [0.05, 0.1) is 5.41 Å². The summed E-state index contributed by atoms with van der Waals surface area (Å²) in [5.41, 5.74) is 2.10. The van der Waals surface area contributed by atoms with Crippen LogP contribution in [0.4, 0.5) is 11.4 Å². The van der Waals surface area contributed by atoms with Crippen LogP contribution in [0.25, 0.3) is 0 Å². The fraction of sp³-hybridized carbons (Fsp3) is 0.364. The van der Waals surface area contributed by atoms with Crippen molar-refractivity contribution in [3.8, 4) is 0 Å². The average Bonchev–Trinajstić information content (AvgIpc) is 3.15. The summed E-state index contributed by atoms with van der Waals surface area (Å²) < 4.78 is 5.51. The second kappa shape index (κ2) is 7.53. The van der Waals surface area contributed by atoms with E-state index in [-0.39, 0.29) is 11.8 Å². The van der Waals surface area contributed by atoms with Gasteiger partial charge in [0.25, 0.3) is 0 Å². The van der Waals surface area contributed by atoms with E-state index >= 15 is 0 Å². The Morgan fingerprint density at radius 2 is 1.70 bits per heavy atom. The zero-order valence-electron chi connectivity index (χ0n) is 15.3. The van der Waals surface area contributed by atoms with Crippen LogP contribution in [-0.4, -0.2) is 31.6 Å². The summed E-state index contributed by atoms with van der Waals surface area (Å²) >= 11 is 0. The molecule has 27 heavy (non-hydrogen) atoms. The Labute approximate surface area is 159 Å². The van der Waals surface area contributed by atoms with Crippen LogP contribution in [0.15, 0.2) is 54.6 Å². The number of rotatable bonds is 4. The van der Waals surface area contributed by atoms with Crippen molar-refractivity contribution in [1.29, 1.82) is 0 Å². The number of hydrogen-bond donors (Lipinski definition) is 1. The Hall–Kier alpha value is -2.66. The lowest BCUT2D eigenvalue weighted by Crippen LogP contribution is -2.44. The first-order valence-electron chi connectivity index (χ1n) is 9.54. The summed E-state index contributed by atoms with van der Waals surface area (Å²) in [5.74, 6) is 0.166. The van der Waals surface area contributed by atoms with Crippen molar-refractivity contribution in [2.24, 2.45) is 0 Å². The second-order valence-electron chi connectivity index (χ2n) is 7.21. The quantitative estimate of drug-likeness (QED) is 0.903. The zero-order chi connectivity index (χ0) is 18.7. The molecule has 2 aromatic carbocycles. The van der Waals surface area contributed by atoms with Gasteiger partial charge in [0.15, 0.2) is 0 Å². The van der Waals surface area contributed by atoms with Crippen LogP contribution in [0.3, 0.4) is 0 Å². The molecule has 2 heterocycles. The first-order chi connectivity index (χ1) is 13.2. The molecule has 2 aliphatic heterocycles. The summed E-state index contributed by atoms with van der Waals surface area (Å²) in [5, 5.41) is 3.08. The van der Waals surface area contributed by atoms with Crippen LogP contribution >= 0.6 is 0 Å². The predicted molar refractivity (Wildman–Crippen MR) is 105 cm³/mol. The third-order valence-corrected chi connectivity index (χ3v) is 5.62. The lowest BCUT2D eigenvalue weighted by Gasteiger charge is -2.36. The molecule has 0 bridgehead atoms. The monoisotopic (exact) mass is 364 g/mol. The maximum atomic E-state index is 13.3. The summed E-state index contributed by atoms with van der Waals surface area (Å²) in [6, 6.07) is 17.5. The topological polar surface area (TPSA) is 58.6 Å². The van der Waals surface area contributed by atoms with E-state index in [0.717, 1.165) is 29.9 Å². The standard InChI is InChI=1S/C22H24N2O3/c25-20-7-4-14-24(20)19-10-8-18(9-11-19)23-21(26)22(12-15-27-16-13-22)17-5-2-1-3-6-17/h1-3,5-6,8-11H,4,7,12-16H2,(H,23,26). The van der Waals surface area contributed by atoms with Crippen molar-refractivity contribution in [3.05, 3.63) is 60.2 Å². The summed E-state index contributed by atoms with van der Waals surface area (Å²) in [7, 11) is 0. The number of ether oxygens (including phenoxy) is 1. The van der Waals surface area contributed by atoms with Gasteiger partial charge in [-0.05, 0) is 49.1 Å². The first kappa shape index (κ1) is 17.7. The van der Waals surface area contributed by atoms with Gasteiger partial charge in [-0.2, -0.15) is 0 Å². The highest BCUT2D eigenvalue weighted by molar-refractivity contribution is 6.00. The molecule has 0 aromatic heterocycles. The SMILES string of the molecule is O=C1CCCN1c1ccc(NC(=O)C2(c3ccccc3)CCOCC2)cc1. The average molecular weight is 364 g/mol. The highest BCUT2D eigenvalue weighted by Crippen LogP contribution is 2.36. The lowest BCUT2D eigenvalue weighted by atomic mass is 9.73. The molecule has 2 aromatic rings. The van der Waals surface area contributed by atoms with Crippen molar-refractivity contribution < 1.29 is 14.3 Å². The van der Waals surface area contributed by atoms with E-state index in [1.54, 1.807) is 4.90 Å². The Morgan fingerprint density at radius 1 is 1.00 bits per heavy atom. The number of anilines is 2. The Kier molecular flexibility index (Phi) is 4.94. The Bertz CT molecular complexity index is 811. The molecular formula is C22H24N2O3. The minimum Gasteiger partial charge on any atom is -0.381 e. The van der Waals surface area contributed by atoms with Gasteiger partial charge in [0.1, 0.15) is 0 Å². The number of amides is 2. The lowest BCUT2D eigenvalue weighted by molar-refractivity contribution is -0.125. The predicted octanol–water partition coefficient (Wildman–Crippen LogP) is 3.50. The number of carbonyl (C=O) groups excluding carboxylic acids is 2. The zero-order valence-corrected chi connectivity index (χ0v) is 15.3. The van der Waals surface area contributed by atoms with Gasteiger partial charge in [-0.3, -0.25) is 9.59 Å². The highest BCUT2D eigenvalue weighted by atomic mass is 16.5. The molecule has 2 fully saturated rings. The summed E-state index contributed by atoms with van der Waals surface area (Å²) in [4.78, 5) is 26.9. The van der Waals surface area contributed by atoms with E-state index in [4.69, 9.17) is 4.74 Å². The van der Waals surface area contributed by atoms with E-state index in [1.807, 2.05) is 54.6 Å². The number of hydrogen-bond acceptors (Lipinski definition) is 3. The van der Waals surface area contributed by atoms with Gasteiger partial charge in [-0.1, -0.05) is 30.3 Å². The fourth-order valence-corrected chi connectivity index (χ4v) is 4.02. The third kappa shape index (κ3) is 3.47. The van der Waals surface area contributed by atoms with Crippen LogP contribution in [0, 0.1) is 0 Å². The van der Waals surface area contributed by atoms with Gasteiger partial charge < -0.3 is 15.0 Å². The van der Waals surface area contributed by atoms with Gasteiger partial charge in [0.2, 0.25) is 11.8 Å². The van der Waals surface area contributed by atoms with Crippen molar-refractivity contribution in [2.75, 3.05) is 30.0 Å². The van der Waals surface area contributed by atoms with E-state index in [0.29, 0.717) is 32.5 Å². The minimum atomic E-state index is -0.566. The maximum absolute atomic E-state index is 13.3. The van der Waals surface area contributed by atoms with Crippen LogP contribution in [0.5, 0.6) is 0 Å². The van der Waals surface area contributed by atoms with Crippen molar-refractivity contribution in [3.63, 3.8) is 0 Å². The molecular weight excluding hydrogens is 340 g/mol. The van der Waals surface area contributed by atoms with Crippen molar-refractivity contribution in [2.45, 2.75) is 31.1 Å². The second-order valence-corrected chi connectivity index (χ2v) is 7.21. The van der Waals surface area contributed by atoms with Crippen molar-refractivity contribution in [1.82, 2.24) is 0 Å². The highest BCUT2D eigenvalue weighted by Gasteiger charge is 2.41. The van der Waals surface area contributed by atoms with Crippen molar-refractivity contribution >= 4 is 23.2 Å². The molecule has 2 aliphatic rings. The maximum Gasteiger partial charge on any atom is 0.235 e. The van der Waals surface area contributed by atoms with Crippen LogP contribution in [0.2, 0.25) is 0 Å². The molecule has 5 nitrogen and oxygen atoms in total. The van der Waals surface area contributed by atoms with Gasteiger partial charge >= 0.3 is 0 Å². The molecule has 4 rings (SSSR count). The van der Waals surface area contributed by atoms with Crippen LogP contribution in [0.1, 0.15) is 31.2 Å². The molecule has 0 spiro atoms.